The molecule has 2 aromatic rings. The Morgan fingerprint density at radius 3 is 2.04 bits per heavy atom. The summed E-state index contributed by atoms with van der Waals surface area (Å²) in [5, 5.41) is 0. The van der Waals surface area contributed by atoms with Crippen molar-refractivity contribution in [3.8, 4) is 11.1 Å². The average molecular weight is 333 g/mol. The fraction of sp³-hybridized carbons (Fsp3) is 0.520. The highest BCUT2D eigenvalue weighted by Crippen LogP contribution is 2.59. The van der Waals surface area contributed by atoms with Crippen molar-refractivity contribution in [2.45, 2.75) is 85.0 Å². The van der Waals surface area contributed by atoms with Gasteiger partial charge < -0.3 is 0 Å². The first-order valence-electron chi connectivity index (χ1n) is 10.4. The van der Waals surface area contributed by atoms with Crippen LogP contribution in [0.15, 0.2) is 18.2 Å². The van der Waals surface area contributed by atoms with E-state index in [2.05, 4.69) is 52.8 Å². The third-order valence-electron chi connectivity index (χ3n) is 7.12. The van der Waals surface area contributed by atoms with E-state index in [-0.39, 0.29) is 0 Å². The Morgan fingerprint density at radius 2 is 1.44 bits per heavy atom. The Balaban J connectivity index is 2.12. The number of hydrogen-bond acceptors (Lipinski definition) is 0. The zero-order valence-corrected chi connectivity index (χ0v) is 16.7. The number of rotatable bonds is 3. The van der Waals surface area contributed by atoms with Gasteiger partial charge in [-0.1, -0.05) is 51.8 Å². The van der Waals surface area contributed by atoms with Crippen LogP contribution in [-0.4, -0.2) is 0 Å². The average Bonchev–Trinajstić information content (AvgIpc) is 3.20. The number of benzene rings is 2. The van der Waals surface area contributed by atoms with Crippen LogP contribution < -0.4 is 0 Å². The van der Waals surface area contributed by atoms with Crippen LogP contribution in [-0.2, 0) is 24.7 Å². The van der Waals surface area contributed by atoms with Crippen molar-refractivity contribution < 1.29 is 0 Å². The molecule has 2 aliphatic carbocycles. The Bertz CT molecular complexity index is 832. The Hall–Kier alpha value is -1.56. The molecule has 0 bridgehead atoms. The van der Waals surface area contributed by atoms with E-state index in [0.29, 0.717) is 5.41 Å². The molecule has 132 valence electrons. The second-order valence-electron chi connectivity index (χ2n) is 8.24. The van der Waals surface area contributed by atoms with E-state index in [4.69, 9.17) is 0 Å². The molecule has 2 aliphatic rings. The van der Waals surface area contributed by atoms with Gasteiger partial charge in [-0.15, -0.1) is 0 Å². The van der Waals surface area contributed by atoms with E-state index in [0.717, 1.165) is 19.3 Å². The molecule has 4 rings (SSSR count). The SMILES string of the molecule is CCc1cc2c(cc1C)-c1c(CC)cc(CC)c(C)c1C21CCCC1. The second kappa shape index (κ2) is 6.01. The van der Waals surface area contributed by atoms with Gasteiger partial charge in [0, 0.05) is 5.41 Å². The molecular weight excluding hydrogens is 300 g/mol. The molecule has 0 atom stereocenters. The van der Waals surface area contributed by atoms with Crippen molar-refractivity contribution in [3.05, 3.63) is 57.1 Å². The zero-order chi connectivity index (χ0) is 17.8. The molecule has 0 aliphatic heterocycles. The van der Waals surface area contributed by atoms with Gasteiger partial charge in [0.25, 0.3) is 0 Å². The van der Waals surface area contributed by atoms with Gasteiger partial charge in [-0.3, -0.25) is 0 Å². The molecular formula is C25H32. The quantitative estimate of drug-likeness (QED) is 0.578. The first kappa shape index (κ1) is 16.9. The highest BCUT2D eigenvalue weighted by molar-refractivity contribution is 5.86. The van der Waals surface area contributed by atoms with Crippen molar-refractivity contribution in [1.82, 2.24) is 0 Å². The van der Waals surface area contributed by atoms with Gasteiger partial charge in [0.1, 0.15) is 0 Å². The van der Waals surface area contributed by atoms with Crippen LogP contribution in [0.4, 0.5) is 0 Å². The number of aryl methyl sites for hydroxylation is 4. The molecule has 1 saturated carbocycles. The summed E-state index contributed by atoms with van der Waals surface area (Å²) in [6, 6.07) is 7.61. The first-order chi connectivity index (χ1) is 12.1. The lowest BCUT2D eigenvalue weighted by Gasteiger charge is -2.30. The van der Waals surface area contributed by atoms with Gasteiger partial charge in [0.2, 0.25) is 0 Å². The lowest BCUT2D eigenvalue weighted by Crippen LogP contribution is -2.22. The summed E-state index contributed by atoms with van der Waals surface area (Å²) >= 11 is 0. The van der Waals surface area contributed by atoms with Crippen molar-refractivity contribution >= 4 is 0 Å². The van der Waals surface area contributed by atoms with Crippen molar-refractivity contribution in [2.75, 3.05) is 0 Å². The van der Waals surface area contributed by atoms with E-state index >= 15 is 0 Å². The summed E-state index contributed by atoms with van der Waals surface area (Å²) in [5.41, 5.74) is 14.6. The lowest BCUT2D eigenvalue weighted by atomic mass is 9.73. The smallest absolute Gasteiger partial charge is 0.0218 e. The molecule has 0 unspecified atom stereocenters. The van der Waals surface area contributed by atoms with Gasteiger partial charge in [-0.05, 0) is 96.0 Å². The molecule has 0 N–H and O–H groups in total. The lowest BCUT2D eigenvalue weighted by molar-refractivity contribution is 0.545. The zero-order valence-electron chi connectivity index (χ0n) is 16.7. The van der Waals surface area contributed by atoms with Crippen LogP contribution in [0.25, 0.3) is 11.1 Å². The Morgan fingerprint density at radius 1 is 0.800 bits per heavy atom. The Labute approximate surface area is 153 Å². The van der Waals surface area contributed by atoms with Crippen LogP contribution in [0.2, 0.25) is 0 Å². The summed E-state index contributed by atoms with van der Waals surface area (Å²) in [6.45, 7) is 11.7. The van der Waals surface area contributed by atoms with Crippen molar-refractivity contribution in [2.24, 2.45) is 0 Å². The minimum Gasteiger partial charge on any atom is -0.0613 e. The van der Waals surface area contributed by atoms with Crippen molar-refractivity contribution in [1.29, 1.82) is 0 Å². The highest BCUT2D eigenvalue weighted by Gasteiger charge is 2.47. The van der Waals surface area contributed by atoms with Gasteiger partial charge in [-0.2, -0.15) is 0 Å². The van der Waals surface area contributed by atoms with Crippen LogP contribution in [0.5, 0.6) is 0 Å². The van der Waals surface area contributed by atoms with Crippen LogP contribution >= 0.6 is 0 Å². The maximum atomic E-state index is 2.58. The molecule has 0 amide bonds. The molecule has 2 aromatic carbocycles. The first-order valence-corrected chi connectivity index (χ1v) is 10.4. The summed E-state index contributed by atoms with van der Waals surface area (Å²) in [4.78, 5) is 0. The largest absolute Gasteiger partial charge is 0.0613 e. The predicted octanol–water partition coefficient (Wildman–Crippen LogP) is 6.83. The number of fused-ring (bicyclic) bond motifs is 5. The topological polar surface area (TPSA) is 0 Å². The van der Waals surface area contributed by atoms with Crippen LogP contribution in [0.3, 0.4) is 0 Å². The van der Waals surface area contributed by atoms with E-state index in [1.54, 1.807) is 44.5 Å². The summed E-state index contributed by atoms with van der Waals surface area (Å²) in [6.07, 6.45) is 8.88. The monoisotopic (exact) mass is 332 g/mol. The minimum atomic E-state index is 0.307. The molecule has 1 fully saturated rings. The van der Waals surface area contributed by atoms with Gasteiger partial charge in [0.15, 0.2) is 0 Å². The van der Waals surface area contributed by atoms with Gasteiger partial charge in [0.05, 0.1) is 0 Å². The molecule has 0 heterocycles. The summed E-state index contributed by atoms with van der Waals surface area (Å²) in [7, 11) is 0. The molecule has 0 radical (unpaired) electrons. The van der Waals surface area contributed by atoms with Crippen LogP contribution in [0, 0.1) is 13.8 Å². The molecule has 1 spiro atoms. The fourth-order valence-corrected chi connectivity index (χ4v) is 5.82. The van der Waals surface area contributed by atoms with Gasteiger partial charge in [-0.25, -0.2) is 0 Å². The summed E-state index contributed by atoms with van der Waals surface area (Å²) < 4.78 is 0. The summed E-state index contributed by atoms with van der Waals surface area (Å²) in [5.74, 6) is 0. The van der Waals surface area contributed by atoms with E-state index in [1.165, 1.54) is 31.2 Å². The maximum Gasteiger partial charge on any atom is 0.0218 e. The van der Waals surface area contributed by atoms with E-state index in [9.17, 15) is 0 Å². The Kier molecular flexibility index (Phi) is 4.06. The third-order valence-corrected chi connectivity index (χ3v) is 7.12. The normalized spacial score (nSPS) is 17.2. The maximum absolute atomic E-state index is 2.58. The highest BCUT2D eigenvalue weighted by atomic mass is 14.5. The molecule has 0 saturated heterocycles. The second-order valence-corrected chi connectivity index (χ2v) is 8.24. The number of hydrogen-bond donors (Lipinski definition) is 0. The molecule has 0 aromatic heterocycles. The van der Waals surface area contributed by atoms with Crippen LogP contribution in [0.1, 0.15) is 85.4 Å². The molecule has 0 heteroatoms. The van der Waals surface area contributed by atoms with E-state index in [1.807, 2.05) is 0 Å². The van der Waals surface area contributed by atoms with E-state index < -0.39 is 0 Å². The van der Waals surface area contributed by atoms with Gasteiger partial charge >= 0.3 is 0 Å². The minimum absolute atomic E-state index is 0.307. The predicted molar refractivity (Wildman–Crippen MR) is 109 cm³/mol. The third kappa shape index (κ3) is 2.19. The molecule has 25 heavy (non-hydrogen) atoms. The standard InChI is InChI=1S/C25H32/c1-6-18-15-22-21(13-16(18)4)23-20(8-3)14-19(7-2)17(5)24(23)25(22)11-9-10-12-25/h13-15H,6-12H2,1-5H3. The molecule has 0 nitrogen and oxygen atoms in total. The van der Waals surface area contributed by atoms with Crippen molar-refractivity contribution in [3.63, 3.8) is 0 Å². The fourth-order valence-electron chi connectivity index (χ4n) is 5.82.